The summed E-state index contributed by atoms with van der Waals surface area (Å²) in [6.07, 6.45) is 4.98. The summed E-state index contributed by atoms with van der Waals surface area (Å²) in [5, 5.41) is 2.95. The van der Waals surface area contributed by atoms with Crippen molar-refractivity contribution in [2.24, 2.45) is 0 Å². The molecule has 0 radical (unpaired) electrons. The minimum absolute atomic E-state index is 0.172. The topological polar surface area (TPSA) is 32.3 Å². The first kappa shape index (κ1) is 12.5. The highest BCUT2D eigenvalue weighted by Gasteiger charge is 2.22. The molecule has 0 aromatic rings. The van der Waals surface area contributed by atoms with Crippen LogP contribution in [0.3, 0.4) is 0 Å². The zero-order valence-corrected chi connectivity index (χ0v) is 10.3. The summed E-state index contributed by atoms with van der Waals surface area (Å²) in [7, 11) is 0. The van der Waals surface area contributed by atoms with Gasteiger partial charge in [0, 0.05) is 12.1 Å². The summed E-state index contributed by atoms with van der Waals surface area (Å²) in [6, 6.07) is 0.874. The first-order valence-electron chi connectivity index (χ1n) is 6.17. The predicted octanol–water partition coefficient (Wildman–Crippen LogP) is 1.78. The van der Waals surface area contributed by atoms with Crippen molar-refractivity contribution >= 4 is 5.91 Å². The lowest BCUT2D eigenvalue weighted by atomic mass is 10.00. The Hall–Kier alpha value is -0.570. The Balaban J connectivity index is 2.37. The Labute approximate surface area is 93.2 Å². The Morgan fingerprint density at radius 1 is 1.47 bits per heavy atom. The van der Waals surface area contributed by atoms with Gasteiger partial charge in [0.1, 0.15) is 0 Å². The fraction of sp³-hybridized carbons (Fsp3) is 0.917. The minimum atomic E-state index is 0.172. The van der Waals surface area contributed by atoms with Gasteiger partial charge in [0.15, 0.2) is 0 Å². The fourth-order valence-corrected chi connectivity index (χ4v) is 2.28. The van der Waals surface area contributed by atoms with E-state index in [-0.39, 0.29) is 11.9 Å². The molecule has 1 amide bonds. The molecule has 3 heteroatoms. The van der Waals surface area contributed by atoms with E-state index in [2.05, 4.69) is 17.1 Å². The summed E-state index contributed by atoms with van der Waals surface area (Å²) in [4.78, 5) is 14.0. The van der Waals surface area contributed by atoms with Crippen LogP contribution in [-0.4, -0.2) is 36.0 Å². The van der Waals surface area contributed by atoms with Gasteiger partial charge in [-0.3, -0.25) is 9.69 Å². The molecule has 1 rings (SSSR count). The van der Waals surface area contributed by atoms with Gasteiger partial charge in [0.05, 0.1) is 6.54 Å². The second-order valence-electron chi connectivity index (χ2n) is 4.75. The molecule has 0 saturated carbocycles. The highest BCUT2D eigenvalue weighted by atomic mass is 16.2. The second kappa shape index (κ2) is 6.11. The molecule has 0 unspecified atom stereocenters. The van der Waals surface area contributed by atoms with Gasteiger partial charge in [0.25, 0.3) is 0 Å². The quantitative estimate of drug-likeness (QED) is 0.770. The molecule has 0 bridgehead atoms. The van der Waals surface area contributed by atoms with Gasteiger partial charge in [-0.2, -0.15) is 0 Å². The SMILES string of the molecule is CC[C@H]1CCCCN1CC(=O)NC(C)C. The average molecular weight is 212 g/mol. The van der Waals surface area contributed by atoms with Crippen molar-refractivity contribution < 1.29 is 4.79 Å². The molecule has 1 N–H and O–H groups in total. The van der Waals surface area contributed by atoms with Crippen molar-refractivity contribution in [3.8, 4) is 0 Å². The molecular weight excluding hydrogens is 188 g/mol. The van der Waals surface area contributed by atoms with Gasteiger partial charge in [-0.25, -0.2) is 0 Å². The Kier molecular flexibility index (Phi) is 5.09. The van der Waals surface area contributed by atoms with Crippen LogP contribution in [0.4, 0.5) is 0 Å². The van der Waals surface area contributed by atoms with Crippen LogP contribution < -0.4 is 5.32 Å². The largest absolute Gasteiger partial charge is 0.353 e. The number of nitrogens with one attached hydrogen (secondary N) is 1. The lowest BCUT2D eigenvalue weighted by Crippen LogP contribution is -2.46. The summed E-state index contributed by atoms with van der Waals surface area (Å²) < 4.78 is 0. The van der Waals surface area contributed by atoms with Crippen LogP contribution in [-0.2, 0) is 4.79 Å². The van der Waals surface area contributed by atoms with Crippen LogP contribution in [0.25, 0.3) is 0 Å². The molecule has 3 nitrogen and oxygen atoms in total. The Morgan fingerprint density at radius 2 is 2.20 bits per heavy atom. The maximum Gasteiger partial charge on any atom is 0.234 e. The molecule has 15 heavy (non-hydrogen) atoms. The number of amides is 1. The maximum atomic E-state index is 11.6. The third-order valence-corrected chi connectivity index (χ3v) is 3.02. The van der Waals surface area contributed by atoms with E-state index in [0.717, 1.165) is 13.0 Å². The van der Waals surface area contributed by atoms with Crippen molar-refractivity contribution in [2.75, 3.05) is 13.1 Å². The number of nitrogens with zero attached hydrogens (tertiary/aromatic N) is 1. The van der Waals surface area contributed by atoms with Crippen molar-refractivity contribution in [3.63, 3.8) is 0 Å². The van der Waals surface area contributed by atoms with Gasteiger partial charge < -0.3 is 5.32 Å². The van der Waals surface area contributed by atoms with Gasteiger partial charge in [-0.1, -0.05) is 13.3 Å². The van der Waals surface area contributed by atoms with Crippen LogP contribution in [0.2, 0.25) is 0 Å². The monoisotopic (exact) mass is 212 g/mol. The van der Waals surface area contributed by atoms with Crippen LogP contribution in [0.15, 0.2) is 0 Å². The molecule has 88 valence electrons. The van der Waals surface area contributed by atoms with Crippen LogP contribution in [0.1, 0.15) is 46.5 Å². The first-order valence-corrected chi connectivity index (χ1v) is 6.17. The Morgan fingerprint density at radius 3 is 2.80 bits per heavy atom. The smallest absolute Gasteiger partial charge is 0.234 e. The van der Waals surface area contributed by atoms with Gasteiger partial charge in [-0.05, 0) is 39.7 Å². The normalized spacial score (nSPS) is 23.1. The lowest BCUT2D eigenvalue weighted by molar-refractivity contribution is -0.123. The predicted molar refractivity (Wildman–Crippen MR) is 62.8 cm³/mol. The highest BCUT2D eigenvalue weighted by Crippen LogP contribution is 2.18. The zero-order chi connectivity index (χ0) is 11.3. The maximum absolute atomic E-state index is 11.6. The van der Waals surface area contributed by atoms with E-state index in [4.69, 9.17) is 0 Å². The molecule has 0 spiro atoms. The zero-order valence-electron chi connectivity index (χ0n) is 10.3. The minimum Gasteiger partial charge on any atom is -0.353 e. The summed E-state index contributed by atoms with van der Waals surface area (Å²) in [5.74, 6) is 0.172. The average Bonchev–Trinajstić information content (AvgIpc) is 2.17. The van der Waals surface area contributed by atoms with Gasteiger partial charge in [-0.15, -0.1) is 0 Å². The number of rotatable bonds is 4. The van der Waals surface area contributed by atoms with Crippen molar-refractivity contribution in [1.29, 1.82) is 0 Å². The molecule has 1 atom stereocenters. The number of hydrogen-bond acceptors (Lipinski definition) is 2. The summed E-state index contributed by atoms with van der Waals surface area (Å²) in [6.45, 7) is 7.89. The van der Waals surface area contributed by atoms with E-state index in [1.807, 2.05) is 13.8 Å². The van der Waals surface area contributed by atoms with Crippen molar-refractivity contribution in [3.05, 3.63) is 0 Å². The van der Waals surface area contributed by atoms with Crippen LogP contribution in [0, 0.1) is 0 Å². The number of likely N-dealkylation sites (tertiary alicyclic amines) is 1. The fourth-order valence-electron chi connectivity index (χ4n) is 2.28. The van der Waals surface area contributed by atoms with E-state index in [0.29, 0.717) is 12.6 Å². The number of piperidine rings is 1. The molecule has 0 aliphatic carbocycles. The third-order valence-electron chi connectivity index (χ3n) is 3.02. The molecule has 1 saturated heterocycles. The number of carbonyl (C=O) groups is 1. The third kappa shape index (κ3) is 4.20. The second-order valence-corrected chi connectivity index (χ2v) is 4.75. The molecule has 0 aromatic heterocycles. The van der Waals surface area contributed by atoms with E-state index >= 15 is 0 Å². The molecule has 1 heterocycles. The number of carbonyl (C=O) groups excluding carboxylic acids is 1. The molecule has 0 aromatic carbocycles. The van der Waals surface area contributed by atoms with E-state index in [1.54, 1.807) is 0 Å². The molecule has 1 aliphatic rings. The van der Waals surface area contributed by atoms with Crippen molar-refractivity contribution in [2.45, 2.75) is 58.5 Å². The molecule has 1 aliphatic heterocycles. The van der Waals surface area contributed by atoms with Crippen LogP contribution in [0.5, 0.6) is 0 Å². The number of hydrogen-bond donors (Lipinski definition) is 1. The Bertz CT molecular complexity index is 204. The summed E-state index contributed by atoms with van der Waals surface area (Å²) >= 11 is 0. The summed E-state index contributed by atoms with van der Waals surface area (Å²) in [5.41, 5.74) is 0. The lowest BCUT2D eigenvalue weighted by Gasteiger charge is -2.34. The van der Waals surface area contributed by atoms with Crippen LogP contribution >= 0.6 is 0 Å². The van der Waals surface area contributed by atoms with E-state index in [9.17, 15) is 4.79 Å². The van der Waals surface area contributed by atoms with Crippen molar-refractivity contribution in [1.82, 2.24) is 10.2 Å². The highest BCUT2D eigenvalue weighted by molar-refractivity contribution is 5.78. The molecular formula is C12H24N2O. The molecule has 1 fully saturated rings. The van der Waals surface area contributed by atoms with E-state index in [1.165, 1.54) is 19.3 Å². The van der Waals surface area contributed by atoms with Gasteiger partial charge >= 0.3 is 0 Å². The van der Waals surface area contributed by atoms with E-state index < -0.39 is 0 Å². The van der Waals surface area contributed by atoms with Gasteiger partial charge in [0.2, 0.25) is 5.91 Å². The first-order chi connectivity index (χ1) is 7.13. The standard InChI is InChI=1S/C12H24N2O/c1-4-11-7-5-6-8-14(11)9-12(15)13-10(2)3/h10-11H,4-9H2,1-3H3,(H,13,15)/t11-/m0/s1.